The molecule has 5 heteroatoms. The third kappa shape index (κ3) is 3.54. The number of aromatic nitrogens is 1. The fraction of sp³-hybridized carbons (Fsp3) is 0.0588. The van der Waals surface area contributed by atoms with E-state index in [2.05, 4.69) is 4.98 Å². The first-order valence-corrected chi connectivity index (χ1v) is 7.03. The topological polar surface area (TPSA) is 52.3 Å². The molecule has 110 valence electrons. The van der Waals surface area contributed by atoms with Crippen LogP contribution < -0.4 is 0 Å². The predicted octanol–water partition coefficient (Wildman–Crippen LogP) is 4.24. The van der Waals surface area contributed by atoms with Gasteiger partial charge in [0, 0.05) is 17.2 Å². The van der Waals surface area contributed by atoms with Gasteiger partial charge in [0.1, 0.15) is 12.1 Å². The highest BCUT2D eigenvalue weighted by Crippen LogP contribution is 2.15. The molecule has 0 N–H and O–H groups in total. The van der Waals surface area contributed by atoms with E-state index < -0.39 is 5.97 Å². The van der Waals surface area contributed by atoms with Gasteiger partial charge in [-0.3, -0.25) is 0 Å². The van der Waals surface area contributed by atoms with E-state index in [-0.39, 0.29) is 6.61 Å². The van der Waals surface area contributed by atoms with Crippen molar-refractivity contribution >= 4 is 34.7 Å². The average Bonchev–Trinajstić information content (AvgIpc) is 2.95. The zero-order valence-corrected chi connectivity index (χ0v) is 12.3. The Morgan fingerprint density at radius 1 is 1.18 bits per heavy atom. The molecule has 0 amide bonds. The second-order valence-electron chi connectivity index (χ2n) is 4.59. The molecule has 3 aromatic rings. The molecule has 2 aromatic carbocycles. The van der Waals surface area contributed by atoms with E-state index in [9.17, 15) is 4.79 Å². The standard InChI is InChI=1S/C17H12ClNO3/c18-13-7-5-12(6-8-13)11-21-17(20)10-9-16-19-14-3-1-2-4-15(14)22-16/h1-10H,11H2/b10-9+. The second-order valence-corrected chi connectivity index (χ2v) is 5.02. The molecule has 0 radical (unpaired) electrons. The van der Waals surface area contributed by atoms with Crippen molar-refractivity contribution in [2.24, 2.45) is 0 Å². The smallest absolute Gasteiger partial charge is 0.331 e. The largest absolute Gasteiger partial charge is 0.458 e. The van der Waals surface area contributed by atoms with Crippen molar-refractivity contribution in [1.82, 2.24) is 4.98 Å². The maximum absolute atomic E-state index is 11.7. The van der Waals surface area contributed by atoms with Gasteiger partial charge in [-0.25, -0.2) is 9.78 Å². The minimum Gasteiger partial charge on any atom is -0.458 e. The van der Waals surface area contributed by atoms with Crippen LogP contribution in [0.15, 0.2) is 59.0 Å². The molecule has 1 aromatic heterocycles. The van der Waals surface area contributed by atoms with Crippen molar-refractivity contribution in [2.75, 3.05) is 0 Å². The maximum Gasteiger partial charge on any atom is 0.331 e. The number of hydrogen-bond acceptors (Lipinski definition) is 4. The molecule has 0 aliphatic rings. The van der Waals surface area contributed by atoms with Crippen molar-refractivity contribution in [2.45, 2.75) is 6.61 Å². The number of carbonyl (C=O) groups is 1. The fourth-order valence-electron chi connectivity index (χ4n) is 1.88. The van der Waals surface area contributed by atoms with Gasteiger partial charge in [0.15, 0.2) is 5.58 Å². The highest BCUT2D eigenvalue weighted by molar-refractivity contribution is 6.30. The molecule has 22 heavy (non-hydrogen) atoms. The van der Waals surface area contributed by atoms with Gasteiger partial charge in [-0.15, -0.1) is 0 Å². The highest BCUT2D eigenvalue weighted by atomic mass is 35.5. The van der Waals surface area contributed by atoms with E-state index >= 15 is 0 Å². The summed E-state index contributed by atoms with van der Waals surface area (Å²) in [6.45, 7) is 0.188. The Hall–Kier alpha value is -2.59. The molecular weight excluding hydrogens is 302 g/mol. The summed E-state index contributed by atoms with van der Waals surface area (Å²) >= 11 is 5.79. The summed E-state index contributed by atoms with van der Waals surface area (Å²) in [6, 6.07) is 14.5. The Kier molecular flexibility index (Phi) is 4.21. The van der Waals surface area contributed by atoms with E-state index in [1.165, 1.54) is 12.2 Å². The summed E-state index contributed by atoms with van der Waals surface area (Å²) in [6.07, 6.45) is 2.78. The zero-order valence-electron chi connectivity index (χ0n) is 11.5. The lowest BCUT2D eigenvalue weighted by molar-refractivity contribution is -0.138. The number of carbonyl (C=O) groups excluding carboxylic acids is 1. The molecule has 3 rings (SSSR count). The van der Waals surface area contributed by atoms with Crippen LogP contribution in [0, 0.1) is 0 Å². The summed E-state index contributed by atoms with van der Waals surface area (Å²) in [5.41, 5.74) is 2.29. The van der Waals surface area contributed by atoms with Crippen LogP contribution in [-0.4, -0.2) is 11.0 Å². The van der Waals surface area contributed by atoms with Gasteiger partial charge in [0.25, 0.3) is 0 Å². The van der Waals surface area contributed by atoms with Gasteiger partial charge in [0.05, 0.1) is 0 Å². The average molecular weight is 314 g/mol. The number of esters is 1. The first-order chi connectivity index (χ1) is 10.7. The number of hydrogen-bond donors (Lipinski definition) is 0. The van der Waals surface area contributed by atoms with Crippen molar-refractivity contribution < 1.29 is 13.9 Å². The SMILES string of the molecule is O=C(/C=C/c1nc2ccccc2o1)OCc1ccc(Cl)cc1. The fourth-order valence-corrected chi connectivity index (χ4v) is 2.01. The second kappa shape index (κ2) is 6.45. The van der Waals surface area contributed by atoms with Crippen LogP contribution in [0.4, 0.5) is 0 Å². The molecule has 0 saturated carbocycles. The molecular formula is C17H12ClNO3. The van der Waals surface area contributed by atoms with Crippen LogP contribution in [0.1, 0.15) is 11.5 Å². The Bertz CT molecular complexity index is 788. The van der Waals surface area contributed by atoms with Gasteiger partial charge < -0.3 is 9.15 Å². The molecule has 0 fully saturated rings. The van der Waals surface area contributed by atoms with E-state index in [0.717, 1.165) is 11.1 Å². The van der Waals surface area contributed by atoms with E-state index in [4.69, 9.17) is 20.8 Å². The minimum absolute atomic E-state index is 0.188. The number of fused-ring (bicyclic) bond motifs is 1. The minimum atomic E-state index is -0.461. The van der Waals surface area contributed by atoms with Crippen molar-refractivity contribution in [1.29, 1.82) is 0 Å². The normalized spacial score (nSPS) is 11.1. The Morgan fingerprint density at radius 2 is 1.95 bits per heavy atom. The number of para-hydroxylation sites is 2. The summed E-state index contributed by atoms with van der Waals surface area (Å²) in [5.74, 6) is -0.0955. The molecule has 0 saturated heterocycles. The molecule has 0 aliphatic carbocycles. The molecule has 0 spiro atoms. The van der Waals surface area contributed by atoms with Gasteiger partial charge in [-0.1, -0.05) is 35.9 Å². The van der Waals surface area contributed by atoms with Crippen LogP contribution >= 0.6 is 11.6 Å². The summed E-state index contributed by atoms with van der Waals surface area (Å²) < 4.78 is 10.6. The first-order valence-electron chi connectivity index (χ1n) is 6.65. The quantitative estimate of drug-likeness (QED) is 0.534. The zero-order chi connectivity index (χ0) is 15.4. The van der Waals surface area contributed by atoms with Crippen molar-refractivity contribution in [3.63, 3.8) is 0 Å². The van der Waals surface area contributed by atoms with Crippen LogP contribution in [-0.2, 0) is 16.1 Å². The Labute approximate surface area is 132 Å². The lowest BCUT2D eigenvalue weighted by Gasteiger charge is -2.01. The molecule has 0 aliphatic heterocycles. The van der Waals surface area contributed by atoms with Gasteiger partial charge >= 0.3 is 5.97 Å². The number of benzene rings is 2. The molecule has 0 atom stereocenters. The summed E-state index contributed by atoms with van der Waals surface area (Å²) in [5, 5.41) is 0.644. The highest BCUT2D eigenvalue weighted by Gasteiger charge is 2.03. The molecule has 0 bridgehead atoms. The van der Waals surface area contributed by atoms with Crippen molar-refractivity contribution in [3.8, 4) is 0 Å². The molecule has 1 heterocycles. The van der Waals surface area contributed by atoms with Crippen LogP contribution in [0.2, 0.25) is 5.02 Å². The van der Waals surface area contributed by atoms with Gasteiger partial charge in [0.2, 0.25) is 5.89 Å². The van der Waals surface area contributed by atoms with Crippen LogP contribution in [0.5, 0.6) is 0 Å². The first kappa shape index (κ1) is 14.4. The Morgan fingerprint density at radius 3 is 2.73 bits per heavy atom. The van der Waals surface area contributed by atoms with Gasteiger partial charge in [-0.05, 0) is 29.8 Å². The summed E-state index contributed by atoms with van der Waals surface area (Å²) in [7, 11) is 0. The van der Waals surface area contributed by atoms with Crippen LogP contribution in [0.25, 0.3) is 17.2 Å². The number of nitrogens with zero attached hydrogens (tertiary/aromatic N) is 1. The molecule has 0 unspecified atom stereocenters. The third-order valence-corrected chi connectivity index (χ3v) is 3.22. The van der Waals surface area contributed by atoms with Crippen LogP contribution in [0.3, 0.4) is 0 Å². The van der Waals surface area contributed by atoms with Gasteiger partial charge in [-0.2, -0.15) is 0 Å². The van der Waals surface area contributed by atoms with E-state index in [1.807, 2.05) is 24.3 Å². The maximum atomic E-state index is 11.7. The third-order valence-electron chi connectivity index (χ3n) is 2.97. The monoisotopic (exact) mass is 313 g/mol. The number of rotatable bonds is 4. The van der Waals surface area contributed by atoms with E-state index in [1.54, 1.807) is 24.3 Å². The van der Waals surface area contributed by atoms with Crippen molar-refractivity contribution in [3.05, 3.63) is 71.1 Å². The number of ether oxygens (including phenoxy) is 1. The summed E-state index contributed by atoms with van der Waals surface area (Å²) in [4.78, 5) is 15.9. The number of halogens is 1. The number of oxazole rings is 1. The predicted molar refractivity (Wildman–Crippen MR) is 84.3 cm³/mol. The lowest BCUT2D eigenvalue weighted by atomic mass is 10.2. The lowest BCUT2D eigenvalue weighted by Crippen LogP contribution is -2.00. The Balaban J connectivity index is 1.59. The van der Waals surface area contributed by atoms with E-state index in [0.29, 0.717) is 16.5 Å². The molecule has 4 nitrogen and oxygen atoms in total.